The predicted octanol–water partition coefficient (Wildman–Crippen LogP) is 6.67. The van der Waals surface area contributed by atoms with Gasteiger partial charge < -0.3 is 18.9 Å². The fraction of sp³-hybridized carbons (Fsp3) is 0.429. The number of hydrogen-bond donors (Lipinski definition) is 1. The second-order valence-corrected chi connectivity index (χ2v) is 9.21. The third kappa shape index (κ3) is 6.96. The predicted molar refractivity (Wildman–Crippen MR) is 114 cm³/mol. The molecule has 0 aliphatic rings. The molecule has 2 aromatic carbocycles. The van der Waals surface area contributed by atoms with Gasteiger partial charge >= 0.3 is 7.60 Å². The van der Waals surface area contributed by atoms with Crippen molar-refractivity contribution >= 4 is 19.0 Å². The van der Waals surface area contributed by atoms with E-state index in [1.165, 1.54) is 0 Å². The number of azo groups is 1. The quantitative estimate of drug-likeness (QED) is 0.361. The van der Waals surface area contributed by atoms with Crippen molar-refractivity contribution < 1.29 is 23.5 Å². The van der Waals surface area contributed by atoms with Gasteiger partial charge in [-0.15, -0.1) is 0 Å². The lowest BCUT2D eigenvalue weighted by molar-refractivity contribution is 0.141. The lowest BCUT2D eigenvalue weighted by Gasteiger charge is -2.23. The molecule has 0 atom stereocenters. The van der Waals surface area contributed by atoms with Gasteiger partial charge in [0.1, 0.15) is 11.5 Å². The number of phenolic OH excluding ortho intramolecular Hbond substituents is 1. The van der Waals surface area contributed by atoms with Crippen molar-refractivity contribution in [1.29, 1.82) is 0 Å². The number of ether oxygens (including phenoxy) is 1. The van der Waals surface area contributed by atoms with E-state index in [1.807, 2.05) is 0 Å². The lowest BCUT2D eigenvalue weighted by atomic mass is 10.1. The van der Waals surface area contributed by atoms with Gasteiger partial charge in [0.15, 0.2) is 0 Å². The zero-order valence-corrected chi connectivity index (χ0v) is 18.6. The molecule has 29 heavy (non-hydrogen) atoms. The summed E-state index contributed by atoms with van der Waals surface area (Å²) in [5, 5.41) is 18.9. The molecule has 0 amide bonds. The Bertz CT molecular complexity index is 881. The minimum absolute atomic E-state index is 0.0494. The van der Waals surface area contributed by atoms with Crippen molar-refractivity contribution in [3.63, 3.8) is 0 Å². The van der Waals surface area contributed by atoms with Crippen LogP contribution >= 0.6 is 7.60 Å². The molecule has 0 spiro atoms. The molecular formula is C21H29N2O5P. The molecule has 8 heteroatoms. The third-order valence-corrected chi connectivity index (χ3v) is 6.04. The van der Waals surface area contributed by atoms with Crippen LogP contribution in [0.5, 0.6) is 11.5 Å². The maximum atomic E-state index is 13.2. The minimum atomic E-state index is -3.45. The molecule has 1 N–H and O–H groups in total. The standard InChI is InChI=1S/C21H29N2O5P/c1-14(2)27-29(25,28-15(3)4)13-17-12-19(11-16(5)21(17)24)23-22-18-7-9-20(26-6)10-8-18/h7-12,14-15,24H,13H2,1-6H3. The largest absolute Gasteiger partial charge is 0.507 e. The maximum absolute atomic E-state index is 13.2. The summed E-state index contributed by atoms with van der Waals surface area (Å²) in [5.41, 5.74) is 2.24. The SMILES string of the molecule is COc1ccc(N=Nc2cc(C)c(O)c(CP(=O)(OC(C)C)OC(C)C)c2)cc1. The molecular weight excluding hydrogens is 391 g/mol. The molecule has 0 aliphatic carbocycles. The summed E-state index contributed by atoms with van der Waals surface area (Å²) in [6.07, 6.45) is -0.608. The van der Waals surface area contributed by atoms with Crippen LogP contribution in [0.4, 0.5) is 11.4 Å². The van der Waals surface area contributed by atoms with Crippen molar-refractivity contribution in [1.82, 2.24) is 0 Å². The van der Waals surface area contributed by atoms with Crippen LogP contribution in [-0.2, 0) is 19.8 Å². The van der Waals surface area contributed by atoms with Gasteiger partial charge in [-0.3, -0.25) is 4.57 Å². The van der Waals surface area contributed by atoms with Crippen LogP contribution in [0.1, 0.15) is 38.8 Å². The maximum Gasteiger partial charge on any atom is 0.335 e. The molecule has 0 heterocycles. The van der Waals surface area contributed by atoms with E-state index < -0.39 is 7.60 Å². The average Bonchev–Trinajstić information content (AvgIpc) is 2.62. The molecule has 0 saturated heterocycles. The zero-order chi connectivity index (χ0) is 21.6. The van der Waals surface area contributed by atoms with Crippen LogP contribution < -0.4 is 4.74 Å². The Balaban J connectivity index is 2.31. The molecule has 2 rings (SSSR count). The number of aryl methyl sites for hydroxylation is 1. The number of aromatic hydroxyl groups is 1. The Morgan fingerprint density at radius 2 is 1.52 bits per heavy atom. The van der Waals surface area contributed by atoms with Gasteiger partial charge in [0, 0.05) is 5.56 Å². The Labute approximate surface area is 172 Å². The first kappa shape index (κ1) is 23.1. The van der Waals surface area contributed by atoms with Gasteiger partial charge in [-0.05, 0) is 76.6 Å². The van der Waals surface area contributed by atoms with Crippen molar-refractivity contribution in [2.75, 3.05) is 7.11 Å². The average molecular weight is 420 g/mol. The summed E-state index contributed by atoms with van der Waals surface area (Å²) in [6.45, 7) is 8.92. The molecule has 7 nitrogen and oxygen atoms in total. The number of nitrogens with zero attached hydrogens (tertiary/aromatic N) is 2. The topological polar surface area (TPSA) is 89.7 Å². The monoisotopic (exact) mass is 420 g/mol. The van der Waals surface area contributed by atoms with Crippen molar-refractivity contribution in [3.8, 4) is 11.5 Å². The van der Waals surface area contributed by atoms with E-state index >= 15 is 0 Å². The Morgan fingerprint density at radius 3 is 2.03 bits per heavy atom. The van der Waals surface area contributed by atoms with Gasteiger partial charge in [-0.2, -0.15) is 10.2 Å². The normalized spacial score (nSPS) is 12.3. The first-order chi connectivity index (χ1) is 13.6. The highest BCUT2D eigenvalue weighted by molar-refractivity contribution is 7.53. The van der Waals surface area contributed by atoms with Crippen molar-refractivity contribution in [3.05, 3.63) is 47.5 Å². The Kier molecular flexibility index (Phi) is 7.96. The van der Waals surface area contributed by atoms with Crippen LogP contribution in [-0.4, -0.2) is 24.4 Å². The number of hydrogen-bond acceptors (Lipinski definition) is 7. The first-order valence-corrected chi connectivity index (χ1v) is 11.2. The van der Waals surface area contributed by atoms with Crippen LogP contribution in [0.3, 0.4) is 0 Å². The van der Waals surface area contributed by atoms with Gasteiger partial charge in [0.05, 0.1) is 36.9 Å². The fourth-order valence-electron chi connectivity index (χ4n) is 2.73. The molecule has 0 fully saturated rings. The van der Waals surface area contributed by atoms with E-state index in [-0.39, 0.29) is 24.1 Å². The van der Waals surface area contributed by atoms with Crippen molar-refractivity contribution in [2.45, 2.75) is 53.0 Å². The van der Waals surface area contributed by atoms with Crippen LogP contribution in [0, 0.1) is 6.92 Å². The molecule has 158 valence electrons. The van der Waals surface area contributed by atoms with E-state index in [2.05, 4.69) is 10.2 Å². The number of rotatable bonds is 9. The summed E-state index contributed by atoms with van der Waals surface area (Å²) in [4.78, 5) is 0. The molecule has 0 unspecified atom stereocenters. The van der Waals surface area contributed by atoms with Gasteiger partial charge in [0.25, 0.3) is 0 Å². The lowest BCUT2D eigenvalue weighted by Crippen LogP contribution is -2.09. The van der Waals surface area contributed by atoms with Gasteiger partial charge in [-0.25, -0.2) is 0 Å². The highest BCUT2D eigenvalue weighted by atomic mass is 31.2. The summed E-state index contributed by atoms with van der Waals surface area (Å²) < 4.78 is 29.5. The molecule has 0 aliphatic heterocycles. The first-order valence-electron chi connectivity index (χ1n) is 9.46. The third-order valence-electron chi connectivity index (χ3n) is 3.82. The second kappa shape index (κ2) is 10.0. The molecule has 0 bridgehead atoms. The highest BCUT2D eigenvalue weighted by Gasteiger charge is 2.30. The van der Waals surface area contributed by atoms with E-state index in [4.69, 9.17) is 13.8 Å². The summed E-state index contributed by atoms with van der Waals surface area (Å²) in [7, 11) is -1.85. The number of benzene rings is 2. The van der Waals surface area contributed by atoms with Crippen LogP contribution in [0.25, 0.3) is 0 Å². The minimum Gasteiger partial charge on any atom is -0.507 e. The van der Waals surface area contributed by atoms with E-state index in [1.54, 1.807) is 78.1 Å². The zero-order valence-electron chi connectivity index (χ0n) is 17.7. The molecule has 2 aromatic rings. The number of phenols is 1. The molecule has 0 aromatic heterocycles. The van der Waals surface area contributed by atoms with E-state index in [9.17, 15) is 9.67 Å². The van der Waals surface area contributed by atoms with E-state index in [0.29, 0.717) is 22.5 Å². The molecule has 0 radical (unpaired) electrons. The van der Waals surface area contributed by atoms with Crippen LogP contribution in [0.2, 0.25) is 0 Å². The van der Waals surface area contributed by atoms with Gasteiger partial charge in [-0.1, -0.05) is 0 Å². The van der Waals surface area contributed by atoms with Crippen LogP contribution in [0.15, 0.2) is 46.6 Å². The number of methoxy groups -OCH3 is 1. The summed E-state index contributed by atoms with van der Waals surface area (Å²) in [5.74, 6) is 0.783. The molecule has 0 saturated carbocycles. The Hall–Kier alpha value is -2.21. The summed E-state index contributed by atoms with van der Waals surface area (Å²) >= 11 is 0. The second-order valence-electron chi connectivity index (χ2n) is 7.25. The van der Waals surface area contributed by atoms with Crippen molar-refractivity contribution in [2.24, 2.45) is 10.2 Å². The smallest absolute Gasteiger partial charge is 0.335 e. The fourth-order valence-corrected chi connectivity index (χ4v) is 4.87. The highest BCUT2D eigenvalue weighted by Crippen LogP contribution is 2.55. The summed E-state index contributed by atoms with van der Waals surface area (Å²) in [6, 6.07) is 10.5. The Morgan fingerprint density at radius 1 is 0.966 bits per heavy atom. The van der Waals surface area contributed by atoms with E-state index in [0.717, 1.165) is 5.75 Å². The van der Waals surface area contributed by atoms with Gasteiger partial charge in [0.2, 0.25) is 0 Å².